The quantitative estimate of drug-likeness (QED) is 0.156. The van der Waals surface area contributed by atoms with Crippen LogP contribution < -0.4 is 20.1 Å². The maximum atomic E-state index is 14.8. The average molecular weight is 882 g/mol. The molecule has 2 aliphatic carbocycles. The van der Waals surface area contributed by atoms with Crippen molar-refractivity contribution in [2.24, 2.45) is 5.92 Å². The lowest BCUT2D eigenvalue weighted by molar-refractivity contribution is -0.141. The second-order valence-corrected chi connectivity index (χ2v) is 22.2. The highest BCUT2D eigenvalue weighted by atomic mass is 32.2. The third-order valence-corrected chi connectivity index (χ3v) is 15.0. The fourth-order valence-corrected chi connectivity index (χ4v) is 9.92. The minimum absolute atomic E-state index is 0.0188. The molecule has 5 atom stereocenters. The average Bonchev–Trinajstić information content (AvgIpc) is 4.03. The van der Waals surface area contributed by atoms with Gasteiger partial charge in [-0.15, -0.1) is 0 Å². The van der Waals surface area contributed by atoms with Crippen molar-refractivity contribution in [1.29, 1.82) is 0 Å². The third-order valence-electron chi connectivity index (χ3n) is 12.8. The summed E-state index contributed by atoms with van der Waals surface area (Å²) in [5, 5.41) is 6.51. The van der Waals surface area contributed by atoms with Crippen molar-refractivity contribution in [3.8, 4) is 17.0 Å². The molecule has 2 aromatic heterocycles. The number of aromatic nitrogens is 1. The van der Waals surface area contributed by atoms with Gasteiger partial charge in [-0.05, 0) is 89.3 Å². The number of sulfonamides is 1. The number of ether oxygens (including phenoxy) is 2. The maximum Gasteiger partial charge on any atom is 0.408 e. The molecule has 0 bridgehead atoms. The van der Waals surface area contributed by atoms with Gasteiger partial charge < -0.3 is 29.4 Å². The largest absolute Gasteiger partial charge is 0.484 e. The topological polar surface area (TPSA) is 186 Å². The highest BCUT2D eigenvalue weighted by molar-refractivity contribution is 7.91. The fourth-order valence-electron chi connectivity index (χ4n) is 8.60. The van der Waals surface area contributed by atoms with Gasteiger partial charge in [0.25, 0.3) is 5.91 Å². The van der Waals surface area contributed by atoms with Crippen molar-refractivity contribution in [3.05, 3.63) is 72.3 Å². The Hall–Kier alpha value is -5.44. The predicted molar refractivity (Wildman–Crippen MR) is 239 cm³/mol. The Bertz CT molecular complexity index is 2590. The smallest absolute Gasteiger partial charge is 0.408 e. The zero-order valence-electron chi connectivity index (χ0n) is 37.2. The molecular formula is C48H59N5O9S. The molecule has 4 aromatic rings. The molecule has 0 unspecified atom stereocenters. The van der Waals surface area contributed by atoms with Crippen LogP contribution in [0.2, 0.25) is 0 Å². The van der Waals surface area contributed by atoms with Crippen molar-refractivity contribution in [2.75, 3.05) is 6.54 Å². The number of nitrogens with zero attached hydrogens (tertiary/aromatic N) is 2. The van der Waals surface area contributed by atoms with E-state index in [1.807, 2.05) is 54.6 Å². The van der Waals surface area contributed by atoms with Crippen molar-refractivity contribution in [2.45, 2.75) is 146 Å². The monoisotopic (exact) mass is 881 g/mol. The molecule has 4 amide bonds. The number of alkyl carbamates (subject to hydrolysis) is 1. The van der Waals surface area contributed by atoms with E-state index in [0.717, 1.165) is 23.8 Å². The molecule has 0 radical (unpaired) electrons. The Morgan fingerprint density at radius 3 is 2.41 bits per heavy atom. The molecular weight excluding hydrogens is 823 g/mol. The number of hydrogen-bond donors (Lipinski definition) is 3. The number of nitrogens with one attached hydrogen (secondary N) is 3. The number of allylic oxidation sites excluding steroid dienone is 1. The van der Waals surface area contributed by atoms with Gasteiger partial charge in [0, 0.05) is 29.4 Å². The van der Waals surface area contributed by atoms with Crippen LogP contribution in [-0.2, 0) is 34.6 Å². The highest BCUT2D eigenvalue weighted by Gasteiger charge is 2.63. The van der Waals surface area contributed by atoms with E-state index < -0.39 is 73.8 Å². The molecule has 3 fully saturated rings. The van der Waals surface area contributed by atoms with Crippen LogP contribution in [-0.4, -0.2) is 82.7 Å². The summed E-state index contributed by atoms with van der Waals surface area (Å²) in [6, 6.07) is 15.4. The number of fused-ring (bicyclic) bond motifs is 5. The van der Waals surface area contributed by atoms with E-state index in [1.54, 1.807) is 27.7 Å². The van der Waals surface area contributed by atoms with Gasteiger partial charge in [0.1, 0.15) is 40.4 Å². The summed E-state index contributed by atoms with van der Waals surface area (Å²) in [4.78, 5) is 63.2. The molecule has 4 aliphatic rings. The Labute approximate surface area is 369 Å². The van der Waals surface area contributed by atoms with Crippen molar-refractivity contribution < 1.29 is 41.5 Å². The first-order valence-corrected chi connectivity index (χ1v) is 23.6. The summed E-state index contributed by atoms with van der Waals surface area (Å²) < 4.78 is 46.6. The van der Waals surface area contributed by atoms with Crippen LogP contribution in [0, 0.1) is 5.92 Å². The highest BCUT2D eigenvalue weighted by Crippen LogP contribution is 2.48. The summed E-state index contributed by atoms with van der Waals surface area (Å²) in [6.07, 6.45) is 6.50. The lowest BCUT2D eigenvalue weighted by Gasteiger charge is -2.30. The minimum atomic E-state index is -4.02. The number of furan rings is 1. The Morgan fingerprint density at radius 1 is 0.984 bits per heavy atom. The molecule has 4 heterocycles. The van der Waals surface area contributed by atoms with Crippen molar-refractivity contribution in [1.82, 2.24) is 25.2 Å². The number of hydrogen-bond acceptors (Lipinski definition) is 10. The van der Waals surface area contributed by atoms with E-state index in [9.17, 15) is 27.6 Å². The Morgan fingerprint density at radius 2 is 1.71 bits per heavy atom. The van der Waals surface area contributed by atoms with Gasteiger partial charge >= 0.3 is 6.09 Å². The van der Waals surface area contributed by atoms with Crippen LogP contribution >= 0.6 is 0 Å². The molecule has 63 heavy (non-hydrogen) atoms. The van der Waals surface area contributed by atoms with Crippen molar-refractivity contribution >= 4 is 55.9 Å². The number of carbonyl (C=O) groups is 4. The van der Waals surface area contributed by atoms with Gasteiger partial charge in [-0.2, -0.15) is 0 Å². The van der Waals surface area contributed by atoms with Gasteiger partial charge in [-0.3, -0.25) is 19.1 Å². The summed E-state index contributed by atoms with van der Waals surface area (Å²) >= 11 is 0. The molecule has 0 spiro atoms. The molecule has 336 valence electrons. The van der Waals surface area contributed by atoms with Crippen LogP contribution in [0.1, 0.15) is 112 Å². The van der Waals surface area contributed by atoms with Gasteiger partial charge in [-0.25, -0.2) is 18.2 Å². The van der Waals surface area contributed by atoms with Gasteiger partial charge in [0.2, 0.25) is 21.8 Å². The Kier molecular flexibility index (Phi) is 11.4. The van der Waals surface area contributed by atoms with Crippen LogP contribution in [0.5, 0.6) is 5.75 Å². The van der Waals surface area contributed by atoms with Crippen LogP contribution in [0.15, 0.2) is 71.2 Å². The van der Waals surface area contributed by atoms with E-state index in [-0.39, 0.29) is 24.8 Å². The normalized spacial score (nSPS) is 25.8. The number of amides is 4. The van der Waals surface area contributed by atoms with Gasteiger partial charge in [0.05, 0.1) is 17.0 Å². The molecule has 2 aromatic carbocycles. The summed E-state index contributed by atoms with van der Waals surface area (Å²) in [7, 11) is -4.02. The zero-order chi connectivity index (χ0) is 45.1. The van der Waals surface area contributed by atoms with E-state index in [2.05, 4.69) is 48.3 Å². The van der Waals surface area contributed by atoms with E-state index >= 15 is 0 Å². The van der Waals surface area contributed by atoms with Gasteiger partial charge in [0.15, 0.2) is 11.3 Å². The first-order chi connectivity index (χ1) is 29.7. The van der Waals surface area contributed by atoms with E-state index in [1.165, 1.54) is 10.5 Å². The van der Waals surface area contributed by atoms with Crippen LogP contribution in [0.4, 0.5) is 4.79 Å². The number of para-hydroxylation sites is 1. The number of carbonyl (C=O) groups excluding carboxylic acids is 4. The molecule has 1 saturated heterocycles. The Balaban J connectivity index is 1.15. The first kappa shape index (κ1) is 44.2. The maximum absolute atomic E-state index is 14.8. The third kappa shape index (κ3) is 9.16. The predicted octanol–water partition coefficient (Wildman–Crippen LogP) is 7.58. The molecule has 15 heteroatoms. The first-order valence-electron chi connectivity index (χ1n) is 22.1. The minimum Gasteiger partial charge on any atom is -0.484 e. The van der Waals surface area contributed by atoms with Crippen molar-refractivity contribution in [3.63, 3.8) is 0 Å². The lowest BCUT2D eigenvalue weighted by atomic mass is 9.86. The molecule has 2 aliphatic heterocycles. The summed E-state index contributed by atoms with van der Waals surface area (Å²) in [6.45, 7) is 13.2. The summed E-state index contributed by atoms with van der Waals surface area (Å²) in [5.41, 5.74) is 1.86. The zero-order valence-corrected chi connectivity index (χ0v) is 38.0. The summed E-state index contributed by atoms with van der Waals surface area (Å²) in [5.74, 6) is -2.02. The second-order valence-electron chi connectivity index (χ2n) is 20.0. The van der Waals surface area contributed by atoms with Gasteiger partial charge in [-0.1, -0.05) is 82.2 Å². The molecule has 14 nitrogen and oxygen atoms in total. The van der Waals surface area contributed by atoms with Crippen LogP contribution in [0.25, 0.3) is 33.3 Å². The fraction of sp³-hybridized carbons (Fsp3) is 0.521. The second kappa shape index (κ2) is 16.3. The molecule has 8 rings (SSSR count). The molecule has 3 N–H and O–H groups in total. The number of rotatable bonds is 7. The lowest BCUT2D eigenvalue weighted by Crippen LogP contribution is -2.58. The standard InChI is InChI=1S/C48H59N5O9S/c1-45(2,3)30-21-19-29(20-22-30)35-26-38(40-39(49-35)33-16-13-14-18-37(33)61-40)60-32-25-36-41(54)51-48(43(56)52-63(58,59)47(7)23-24-47)27-31(48)15-11-9-8-10-12-17-34(42(55)53(36)28-32)50-44(57)62-46(4,5)6/h11,13-16,18-22,26,31-32,34,36H,8-10,12,17,23-25,27-28H2,1-7H3,(H,50,57)(H,51,54)(H,52,56)/b15-11-/t31-,32-,34+,36+,48-/m1/s1. The van der Waals surface area contributed by atoms with E-state index in [4.69, 9.17) is 18.9 Å². The number of benzene rings is 2. The SMILES string of the molecule is CC(C)(C)OC(=O)N[C@H]1CCCCC/C=C\[C@@H]2C[C@@]2(C(=O)NS(=O)(=O)C2(C)CC2)NC(=O)[C@@H]2C[C@@H](Oc3cc(-c4ccc(C(C)(C)C)cc4)nc4c3oc3ccccc34)CN2C1=O. The molecule has 2 saturated carbocycles. The van der Waals surface area contributed by atoms with E-state index in [0.29, 0.717) is 60.2 Å². The van der Waals surface area contributed by atoms with Crippen LogP contribution in [0.3, 0.4) is 0 Å². The number of pyridine rings is 1.